The van der Waals surface area contributed by atoms with Gasteiger partial charge < -0.3 is 19.5 Å². The van der Waals surface area contributed by atoms with Crippen LogP contribution in [0.5, 0.6) is 11.5 Å². The number of hydrogen-bond acceptors (Lipinski definition) is 5. The number of ether oxygens (including phenoxy) is 3. The third kappa shape index (κ3) is 7.15. The number of hydrogen-bond donors (Lipinski definition) is 1. The molecule has 6 nitrogen and oxygen atoms in total. The highest BCUT2D eigenvalue weighted by molar-refractivity contribution is 5.80. The van der Waals surface area contributed by atoms with Crippen LogP contribution in [0, 0.1) is 0 Å². The first kappa shape index (κ1) is 21.0. The molecule has 0 spiro atoms. The fourth-order valence-electron chi connectivity index (χ4n) is 2.47. The van der Waals surface area contributed by atoms with E-state index in [-0.39, 0.29) is 19.1 Å². The zero-order chi connectivity index (χ0) is 20.2. The first-order valence-corrected chi connectivity index (χ1v) is 9.02. The predicted molar refractivity (Wildman–Crippen MR) is 107 cm³/mol. The predicted octanol–water partition coefficient (Wildman–Crippen LogP) is 3.01. The fraction of sp³-hybridized carbons (Fsp3) is 0.273. The van der Waals surface area contributed by atoms with Gasteiger partial charge in [0.05, 0.1) is 7.11 Å². The molecule has 0 heterocycles. The summed E-state index contributed by atoms with van der Waals surface area (Å²) in [7, 11) is 1.53. The summed E-state index contributed by atoms with van der Waals surface area (Å²) < 4.78 is 15.6. The Hall–Kier alpha value is -3.28. The summed E-state index contributed by atoms with van der Waals surface area (Å²) in [6.07, 6.45) is 4.56. The summed E-state index contributed by atoms with van der Waals surface area (Å²) in [6.45, 7) is 1.75. The lowest BCUT2D eigenvalue weighted by Crippen LogP contribution is -2.31. The van der Waals surface area contributed by atoms with Crippen LogP contribution in [-0.4, -0.2) is 38.7 Å². The van der Waals surface area contributed by atoms with Gasteiger partial charge in [-0.15, -0.1) is 0 Å². The fourth-order valence-corrected chi connectivity index (χ4v) is 2.47. The van der Waals surface area contributed by atoms with Crippen LogP contribution in [0.3, 0.4) is 0 Å². The highest BCUT2D eigenvalue weighted by atomic mass is 16.6. The first-order chi connectivity index (χ1) is 13.6. The SMILES string of the molecule is C/C=C/c1ccc(OCC(=O)OCC(=O)NCCc2ccccc2)c(OC)c1. The average molecular weight is 383 g/mol. The Morgan fingerprint density at radius 3 is 2.54 bits per heavy atom. The summed E-state index contributed by atoms with van der Waals surface area (Å²) in [5.41, 5.74) is 2.09. The molecule has 1 amide bonds. The molecule has 0 aliphatic rings. The summed E-state index contributed by atoms with van der Waals surface area (Å²) in [5.74, 6) is -0.0302. The van der Waals surface area contributed by atoms with Crippen LogP contribution in [0.2, 0.25) is 0 Å². The van der Waals surface area contributed by atoms with Crippen molar-refractivity contribution in [3.8, 4) is 11.5 Å². The van der Waals surface area contributed by atoms with Crippen molar-refractivity contribution in [2.75, 3.05) is 26.9 Å². The van der Waals surface area contributed by atoms with Gasteiger partial charge in [0.2, 0.25) is 0 Å². The number of esters is 1. The van der Waals surface area contributed by atoms with E-state index in [1.54, 1.807) is 12.1 Å². The third-order valence-electron chi connectivity index (χ3n) is 3.84. The summed E-state index contributed by atoms with van der Waals surface area (Å²) in [5, 5.41) is 2.71. The average Bonchev–Trinajstić information content (AvgIpc) is 2.72. The number of carbonyl (C=O) groups is 2. The van der Waals surface area contributed by atoms with Crippen LogP contribution in [0.4, 0.5) is 0 Å². The van der Waals surface area contributed by atoms with Gasteiger partial charge in [-0.25, -0.2) is 4.79 Å². The van der Waals surface area contributed by atoms with Gasteiger partial charge in [0.25, 0.3) is 5.91 Å². The van der Waals surface area contributed by atoms with Crippen LogP contribution >= 0.6 is 0 Å². The number of allylic oxidation sites excluding steroid dienone is 1. The van der Waals surface area contributed by atoms with Gasteiger partial charge in [-0.05, 0) is 36.6 Å². The molecular formula is C22H25NO5. The van der Waals surface area contributed by atoms with Gasteiger partial charge in [0.1, 0.15) is 0 Å². The standard InChI is InChI=1S/C22H25NO5/c1-3-7-18-10-11-19(20(14-18)26-2)27-16-22(25)28-15-21(24)23-13-12-17-8-5-4-6-9-17/h3-11,14H,12-13,15-16H2,1-2H3,(H,23,24)/b7-3+. The second-order valence-corrected chi connectivity index (χ2v) is 5.95. The molecular weight excluding hydrogens is 358 g/mol. The molecule has 0 radical (unpaired) electrons. The van der Waals surface area contributed by atoms with Gasteiger partial charge in [-0.3, -0.25) is 4.79 Å². The van der Waals surface area contributed by atoms with Crippen molar-refractivity contribution in [3.63, 3.8) is 0 Å². The summed E-state index contributed by atoms with van der Waals surface area (Å²) >= 11 is 0. The van der Waals surface area contributed by atoms with Gasteiger partial charge in [-0.1, -0.05) is 48.6 Å². The van der Waals surface area contributed by atoms with Gasteiger partial charge in [-0.2, -0.15) is 0 Å². The van der Waals surface area contributed by atoms with Crippen molar-refractivity contribution in [2.24, 2.45) is 0 Å². The van der Waals surface area contributed by atoms with Crippen LogP contribution in [0.25, 0.3) is 6.08 Å². The minimum absolute atomic E-state index is 0.309. The molecule has 6 heteroatoms. The number of amides is 1. The smallest absolute Gasteiger partial charge is 0.344 e. The Bertz CT molecular complexity index is 802. The van der Waals surface area contributed by atoms with Crippen molar-refractivity contribution < 1.29 is 23.8 Å². The number of nitrogens with one attached hydrogen (secondary N) is 1. The van der Waals surface area contributed by atoms with E-state index in [0.717, 1.165) is 11.1 Å². The van der Waals surface area contributed by atoms with Crippen LogP contribution in [0.1, 0.15) is 18.1 Å². The zero-order valence-corrected chi connectivity index (χ0v) is 16.1. The van der Waals surface area contributed by atoms with E-state index in [4.69, 9.17) is 14.2 Å². The second-order valence-electron chi connectivity index (χ2n) is 5.95. The third-order valence-corrected chi connectivity index (χ3v) is 3.84. The summed E-state index contributed by atoms with van der Waals surface area (Å²) in [4.78, 5) is 23.6. The first-order valence-electron chi connectivity index (χ1n) is 9.02. The highest BCUT2D eigenvalue weighted by Crippen LogP contribution is 2.28. The van der Waals surface area contributed by atoms with Crippen molar-refractivity contribution in [2.45, 2.75) is 13.3 Å². The lowest BCUT2D eigenvalue weighted by Gasteiger charge is -2.11. The Kier molecular flexibility index (Phi) is 8.59. The molecule has 2 rings (SSSR count). The lowest BCUT2D eigenvalue weighted by molar-refractivity contribution is -0.150. The maximum atomic E-state index is 11.8. The van der Waals surface area contributed by atoms with E-state index >= 15 is 0 Å². The van der Waals surface area contributed by atoms with E-state index in [2.05, 4.69) is 5.32 Å². The van der Waals surface area contributed by atoms with Crippen molar-refractivity contribution in [1.29, 1.82) is 0 Å². The molecule has 0 aliphatic heterocycles. The number of methoxy groups -OCH3 is 1. The molecule has 0 bridgehead atoms. The molecule has 0 saturated heterocycles. The molecule has 0 aromatic heterocycles. The van der Waals surface area contributed by atoms with E-state index in [9.17, 15) is 9.59 Å². The van der Waals surface area contributed by atoms with Gasteiger partial charge >= 0.3 is 5.97 Å². The monoisotopic (exact) mass is 383 g/mol. The van der Waals surface area contributed by atoms with E-state index < -0.39 is 5.97 Å². The van der Waals surface area contributed by atoms with Gasteiger partial charge in [0, 0.05) is 6.54 Å². The molecule has 2 aromatic carbocycles. The molecule has 0 atom stereocenters. The quantitative estimate of drug-likeness (QED) is 0.639. The number of carbonyl (C=O) groups excluding carboxylic acids is 2. The molecule has 0 aliphatic carbocycles. The molecule has 0 unspecified atom stereocenters. The van der Waals surface area contributed by atoms with Crippen molar-refractivity contribution >= 4 is 18.0 Å². The molecule has 1 N–H and O–H groups in total. The Morgan fingerprint density at radius 1 is 1.04 bits per heavy atom. The van der Waals surface area contributed by atoms with Crippen molar-refractivity contribution in [1.82, 2.24) is 5.32 Å². The van der Waals surface area contributed by atoms with Crippen LogP contribution < -0.4 is 14.8 Å². The Balaban J connectivity index is 1.70. The summed E-state index contributed by atoms with van der Waals surface area (Å²) in [6, 6.07) is 15.2. The molecule has 2 aromatic rings. The normalized spacial score (nSPS) is 10.5. The lowest BCUT2D eigenvalue weighted by atomic mass is 10.1. The van der Waals surface area contributed by atoms with E-state index in [0.29, 0.717) is 24.5 Å². The maximum Gasteiger partial charge on any atom is 0.344 e. The minimum Gasteiger partial charge on any atom is -0.493 e. The maximum absolute atomic E-state index is 11.8. The Labute approximate surface area is 165 Å². The Morgan fingerprint density at radius 2 is 1.82 bits per heavy atom. The van der Waals surface area contributed by atoms with E-state index in [1.807, 2.05) is 55.5 Å². The largest absolute Gasteiger partial charge is 0.493 e. The van der Waals surface area contributed by atoms with E-state index in [1.165, 1.54) is 7.11 Å². The van der Waals surface area contributed by atoms with Crippen molar-refractivity contribution in [3.05, 3.63) is 65.7 Å². The molecule has 148 valence electrons. The van der Waals surface area contributed by atoms with Crippen LogP contribution in [-0.2, 0) is 20.7 Å². The van der Waals surface area contributed by atoms with Crippen LogP contribution in [0.15, 0.2) is 54.6 Å². The number of rotatable bonds is 10. The molecule has 28 heavy (non-hydrogen) atoms. The molecule has 0 fully saturated rings. The zero-order valence-electron chi connectivity index (χ0n) is 16.1. The molecule has 0 saturated carbocycles. The number of benzene rings is 2. The van der Waals surface area contributed by atoms with Gasteiger partial charge in [0.15, 0.2) is 24.7 Å². The second kappa shape index (κ2) is 11.4. The minimum atomic E-state index is -0.627. The topological polar surface area (TPSA) is 73.9 Å². The highest BCUT2D eigenvalue weighted by Gasteiger charge is 2.11.